The highest BCUT2D eigenvalue weighted by molar-refractivity contribution is 7.84. The van der Waals surface area contributed by atoms with Gasteiger partial charge in [0.1, 0.15) is 6.10 Å². The smallest absolute Gasteiger partial charge is 0.110 e. The van der Waals surface area contributed by atoms with Crippen molar-refractivity contribution in [3.8, 4) is 0 Å². The molecule has 0 radical (unpaired) electrons. The van der Waals surface area contributed by atoms with E-state index in [2.05, 4.69) is 4.98 Å². The third-order valence-corrected chi connectivity index (χ3v) is 2.46. The number of pyridine rings is 1. The van der Waals surface area contributed by atoms with Gasteiger partial charge >= 0.3 is 0 Å². The third kappa shape index (κ3) is 3.24. The van der Waals surface area contributed by atoms with Crippen molar-refractivity contribution in [1.29, 1.82) is 0 Å². The Labute approximate surface area is 80.6 Å². The van der Waals surface area contributed by atoms with Crippen LogP contribution in [-0.4, -0.2) is 28.3 Å². The lowest BCUT2D eigenvalue weighted by molar-refractivity contribution is 0.119. The summed E-state index contributed by atoms with van der Waals surface area (Å²) in [5.41, 5.74) is 0.834. The first-order valence-corrected chi connectivity index (χ1v) is 5.70. The summed E-state index contributed by atoms with van der Waals surface area (Å²) in [7, 11) is 0.742. The van der Waals surface area contributed by atoms with Gasteiger partial charge < -0.3 is 4.74 Å². The van der Waals surface area contributed by atoms with Crippen LogP contribution in [0, 0.1) is 0 Å². The first-order chi connectivity index (χ1) is 6.24. The number of nitrogens with zero attached hydrogens (tertiary/aromatic N) is 1. The molecule has 0 amide bonds. The molecule has 0 spiro atoms. The van der Waals surface area contributed by atoms with E-state index in [0.29, 0.717) is 5.75 Å². The van der Waals surface area contributed by atoms with Crippen molar-refractivity contribution in [1.82, 2.24) is 4.98 Å². The second-order valence-electron chi connectivity index (χ2n) is 2.72. The monoisotopic (exact) mass is 199 g/mol. The molecule has 3 nitrogen and oxygen atoms in total. The molecule has 0 aliphatic rings. The molecule has 72 valence electrons. The molecule has 0 N–H and O–H groups in total. The van der Waals surface area contributed by atoms with E-state index < -0.39 is 10.8 Å². The van der Waals surface area contributed by atoms with Gasteiger partial charge in [-0.15, -0.1) is 0 Å². The topological polar surface area (TPSA) is 39.2 Å². The fourth-order valence-corrected chi connectivity index (χ4v) is 1.79. The van der Waals surface area contributed by atoms with Gasteiger partial charge in [0.25, 0.3) is 0 Å². The fourth-order valence-electron chi connectivity index (χ4n) is 1.05. The molecule has 1 aromatic rings. The summed E-state index contributed by atoms with van der Waals surface area (Å²) in [6.45, 7) is 0. The van der Waals surface area contributed by atoms with Gasteiger partial charge in [-0.05, 0) is 12.1 Å². The molecule has 0 bridgehead atoms. The van der Waals surface area contributed by atoms with Crippen molar-refractivity contribution >= 4 is 10.8 Å². The summed E-state index contributed by atoms with van der Waals surface area (Å²) in [6.07, 6.45) is 3.21. The number of methoxy groups -OCH3 is 1. The quantitative estimate of drug-likeness (QED) is 0.730. The van der Waals surface area contributed by atoms with Crippen molar-refractivity contribution in [2.45, 2.75) is 6.10 Å². The lowest BCUT2D eigenvalue weighted by Crippen LogP contribution is -2.11. The molecule has 1 aromatic heterocycles. The fraction of sp³-hybridized carbons (Fsp3) is 0.444. The molecular formula is C9H13NO2S. The van der Waals surface area contributed by atoms with Crippen LogP contribution in [-0.2, 0) is 15.5 Å². The van der Waals surface area contributed by atoms with Crippen molar-refractivity contribution in [3.05, 3.63) is 30.1 Å². The molecular weight excluding hydrogens is 186 g/mol. The average molecular weight is 199 g/mol. The van der Waals surface area contributed by atoms with Crippen LogP contribution in [0.3, 0.4) is 0 Å². The van der Waals surface area contributed by atoms with Crippen LogP contribution in [0.25, 0.3) is 0 Å². The zero-order chi connectivity index (χ0) is 9.68. The van der Waals surface area contributed by atoms with Gasteiger partial charge in [-0.3, -0.25) is 9.19 Å². The molecule has 0 aliphatic carbocycles. The van der Waals surface area contributed by atoms with Gasteiger partial charge in [-0.2, -0.15) is 0 Å². The largest absolute Gasteiger partial charge is 0.374 e. The van der Waals surface area contributed by atoms with Crippen molar-refractivity contribution in [2.24, 2.45) is 0 Å². The Bertz CT molecular complexity index is 276. The lowest BCUT2D eigenvalue weighted by Gasteiger charge is -2.12. The summed E-state index contributed by atoms with van der Waals surface area (Å²) in [4.78, 5) is 4.14. The SMILES string of the molecule is CO[C@H](C[S@](C)=O)c1ccccn1. The Morgan fingerprint density at radius 1 is 1.62 bits per heavy atom. The highest BCUT2D eigenvalue weighted by Crippen LogP contribution is 2.13. The Morgan fingerprint density at radius 2 is 2.38 bits per heavy atom. The highest BCUT2D eigenvalue weighted by Gasteiger charge is 2.12. The molecule has 2 atom stereocenters. The van der Waals surface area contributed by atoms with Gasteiger partial charge in [0.2, 0.25) is 0 Å². The maximum absolute atomic E-state index is 11.0. The predicted octanol–water partition coefficient (Wildman–Crippen LogP) is 1.15. The van der Waals surface area contributed by atoms with E-state index in [9.17, 15) is 4.21 Å². The van der Waals surface area contributed by atoms with Crippen molar-refractivity contribution in [2.75, 3.05) is 19.1 Å². The van der Waals surface area contributed by atoms with Gasteiger partial charge in [0, 0.05) is 30.4 Å². The van der Waals surface area contributed by atoms with Crippen LogP contribution in [0.15, 0.2) is 24.4 Å². The number of ether oxygens (including phenoxy) is 1. The second kappa shape index (κ2) is 5.09. The van der Waals surface area contributed by atoms with Gasteiger partial charge in [0.05, 0.1) is 11.4 Å². The van der Waals surface area contributed by atoms with E-state index in [1.165, 1.54) is 0 Å². The van der Waals surface area contributed by atoms with Gasteiger partial charge in [-0.1, -0.05) is 6.07 Å². The number of hydrogen-bond acceptors (Lipinski definition) is 3. The zero-order valence-corrected chi connectivity index (χ0v) is 8.58. The van der Waals surface area contributed by atoms with Crippen LogP contribution in [0.1, 0.15) is 11.8 Å². The number of hydrogen-bond donors (Lipinski definition) is 0. The van der Waals surface area contributed by atoms with Crippen LogP contribution in [0.2, 0.25) is 0 Å². The highest BCUT2D eigenvalue weighted by atomic mass is 32.2. The predicted molar refractivity (Wildman–Crippen MR) is 52.9 cm³/mol. The van der Waals surface area contributed by atoms with Gasteiger partial charge in [0.15, 0.2) is 0 Å². The Balaban J connectivity index is 2.73. The van der Waals surface area contributed by atoms with Crippen molar-refractivity contribution < 1.29 is 8.95 Å². The zero-order valence-electron chi connectivity index (χ0n) is 7.77. The second-order valence-corrected chi connectivity index (χ2v) is 4.20. The van der Waals surface area contributed by atoms with Crippen LogP contribution < -0.4 is 0 Å². The molecule has 0 unspecified atom stereocenters. The summed E-state index contributed by atoms with van der Waals surface area (Å²) in [5, 5.41) is 0. The Kier molecular flexibility index (Phi) is 4.05. The van der Waals surface area contributed by atoms with E-state index in [1.54, 1.807) is 19.6 Å². The van der Waals surface area contributed by atoms with E-state index in [4.69, 9.17) is 4.74 Å². The molecule has 13 heavy (non-hydrogen) atoms. The molecule has 1 heterocycles. The first-order valence-electron chi connectivity index (χ1n) is 3.97. The minimum atomic E-state index is -0.861. The number of rotatable bonds is 4. The van der Waals surface area contributed by atoms with Crippen LogP contribution >= 0.6 is 0 Å². The molecule has 0 aliphatic heterocycles. The minimum Gasteiger partial charge on any atom is -0.374 e. The van der Waals surface area contributed by atoms with E-state index in [-0.39, 0.29) is 6.10 Å². The maximum atomic E-state index is 11.0. The Morgan fingerprint density at radius 3 is 2.85 bits per heavy atom. The van der Waals surface area contributed by atoms with Gasteiger partial charge in [-0.25, -0.2) is 0 Å². The standard InChI is InChI=1S/C9H13NO2S/c1-12-9(7-13(2)11)8-5-3-4-6-10-8/h3-6,9H,7H2,1-2H3/t9-,13+/m1/s1. The molecule has 0 fully saturated rings. The molecule has 0 saturated heterocycles. The van der Waals surface area contributed by atoms with E-state index >= 15 is 0 Å². The average Bonchev–Trinajstić information content (AvgIpc) is 2.15. The number of aromatic nitrogens is 1. The first kappa shape index (κ1) is 10.3. The van der Waals surface area contributed by atoms with E-state index in [0.717, 1.165) is 5.69 Å². The van der Waals surface area contributed by atoms with Crippen LogP contribution in [0.4, 0.5) is 0 Å². The molecule has 0 aromatic carbocycles. The summed E-state index contributed by atoms with van der Waals surface area (Å²) >= 11 is 0. The van der Waals surface area contributed by atoms with Crippen LogP contribution in [0.5, 0.6) is 0 Å². The normalized spacial score (nSPS) is 15.2. The molecule has 1 rings (SSSR count). The third-order valence-electron chi connectivity index (χ3n) is 1.69. The van der Waals surface area contributed by atoms with Crippen molar-refractivity contribution in [3.63, 3.8) is 0 Å². The molecule has 4 heteroatoms. The summed E-state index contributed by atoms with van der Waals surface area (Å²) in [6, 6.07) is 5.62. The molecule has 0 saturated carbocycles. The summed E-state index contributed by atoms with van der Waals surface area (Å²) < 4.78 is 16.2. The minimum absolute atomic E-state index is 0.160. The van der Waals surface area contributed by atoms with E-state index in [1.807, 2.05) is 18.2 Å². The lowest BCUT2D eigenvalue weighted by atomic mass is 10.2. The summed E-state index contributed by atoms with van der Waals surface area (Å²) in [5.74, 6) is 0.494. The maximum Gasteiger partial charge on any atom is 0.110 e. The Hall–Kier alpha value is -0.740.